The van der Waals surface area contributed by atoms with E-state index in [0.29, 0.717) is 19.3 Å². The summed E-state index contributed by atoms with van der Waals surface area (Å²) in [7, 11) is 0. The molecule has 0 amide bonds. The van der Waals surface area contributed by atoms with E-state index in [1.807, 2.05) is 0 Å². The minimum absolute atomic E-state index is 0.0904. The number of carbonyl (C=O) groups excluding carboxylic acids is 3. The van der Waals surface area contributed by atoms with Crippen LogP contribution >= 0.6 is 0 Å². The van der Waals surface area contributed by atoms with E-state index in [4.69, 9.17) is 14.2 Å². The molecule has 0 N–H and O–H groups in total. The standard InChI is InChI=1S/C75H128O6/c1-4-7-10-13-16-19-22-25-27-29-30-31-32-33-34-35-36-37-38-39-40-41-42-43-44-46-47-50-53-56-59-62-65-68-74(77)80-71-72(70-79-73(76)67-64-61-58-55-52-49-24-21-18-15-12-9-6-3)81-75(78)69-66-63-60-57-54-51-48-45-28-26-23-20-17-14-11-8-5-2/h8-9,11-12,17-18,20-22,25-26,28-30,32-33,49,52,72H,4-7,10,13-16,19,23-24,27,31,34-48,50-51,53-71H2,1-3H3/b11-8-,12-9-,20-17-,21-18-,25-22-,28-26-,30-29-,33-32-,52-49-. The Morgan fingerprint density at radius 3 is 0.765 bits per heavy atom. The van der Waals surface area contributed by atoms with Crippen molar-refractivity contribution in [1.29, 1.82) is 0 Å². The predicted molar refractivity (Wildman–Crippen MR) is 353 cm³/mol. The van der Waals surface area contributed by atoms with Gasteiger partial charge < -0.3 is 14.2 Å². The fourth-order valence-electron chi connectivity index (χ4n) is 9.66. The number of unbranched alkanes of at least 4 members (excludes halogenated alkanes) is 33. The molecular formula is C75H128O6. The van der Waals surface area contributed by atoms with Gasteiger partial charge in [0.05, 0.1) is 0 Å². The topological polar surface area (TPSA) is 78.9 Å². The summed E-state index contributed by atoms with van der Waals surface area (Å²) in [5.41, 5.74) is 0. The van der Waals surface area contributed by atoms with E-state index in [1.165, 1.54) is 167 Å². The van der Waals surface area contributed by atoms with E-state index in [0.717, 1.165) is 122 Å². The maximum Gasteiger partial charge on any atom is 0.306 e. The normalized spacial score (nSPS) is 12.8. The first kappa shape index (κ1) is 77.1. The Morgan fingerprint density at radius 2 is 0.481 bits per heavy atom. The third-order valence-electron chi connectivity index (χ3n) is 14.7. The van der Waals surface area contributed by atoms with Crippen molar-refractivity contribution in [2.24, 2.45) is 0 Å². The minimum Gasteiger partial charge on any atom is -0.462 e. The van der Waals surface area contributed by atoms with Crippen molar-refractivity contribution in [3.8, 4) is 0 Å². The third kappa shape index (κ3) is 66.8. The van der Waals surface area contributed by atoms with E-state index in [1.54, 1.807) is 0 Å². The number of hydrogen-bond acceptors (Lipinski definition) is 6. The quantitative estimate of drug-likeness (QED) is 0.0261. The molecule has 0 aromatic carbocycles. The first-order valence-corrected chi connectivity index (χ1v) is 34.4. The molecule has 0 aromatic rings. The number of allylic oxidation sites excluding steroid dienone is 18. The van der Waals surface area contributed by atoms with Crippen LogP contribution in [0.5, 0.6) is 0 Å². The second-order valence-corrected chi connectivity index (χ2v) is 22.7. The summed E-state index contributed by atoms with van der Waals surface area (Å²) < 4.78 is 16.9. The van der Waals surface area contributed by atoms with E-state index in [-0.39, 0.29) is 31.1 Å². The Labute approximate surface area is 501 Å². The average molecular weight is 1130 g/mol. The molecule has 0 fully saturated rings. The van der Waals surface area contributed by atoms with Gasteiger partial charge in [-0.1, -0.05) is 297 Å². The molecule has 1 unspecified atom stereocenters. The lowest BCUT2D eigenvalue weighted by Crippen LogP contribution is -2.30. The third-order valence-corrected chi connectivity index (χ3v) is 14.7. The second-order valence-electron chi connectivity index (χ2n) is 22.7. The van der Waals surface area contributed by atoms with Crippen molar-refractivity contribution >= 4 is 17.9 Å². The molecule has 0 aliphatic rings. The van der Waals surface area contributed by atoms with Crippen LogP contribution in [0.15, 0.2) is 109 Å². The summed E-state index contributed by atoms with van der Waals surface area (Å²) >= 11 is 0. The zero-order valence-corrected chi connectivity index (χ0v) is 53.3. The van der Waals surface area contributed by atoms with Gasteiger partial charge in [0.1, 0.15) is 13.2 Å². The van der Waals surface area contributed by atoms with Crippen molar-refractivity contribution < 1.29 is 28.6 Å². The molecule has 0 radical (unpaired) electrons. The number of esters is 3. The summed E-state index contributed by atoms with van der Waals surface area (Å²) in [6.07, 6.45) is 94.1. The molecule has 1 atom stereocenters. The Hall–Kier alpha value is -3.93. The van der Waals surface area contributed by atoms with Crippen LogP contribution in [0.3, 0.4) is 0 Å². The lowest BCUT2D eigenvalue weighted by Gasteiger charge is -2.18. The highest BCUT2D eigenvalue weighted by molar-refractivity contribution is 5.71. The SMILES string of the molecule is CC/C=C\C/C=C\C/C=C\CCCCCCCCCC(=O)OC(COC(=O)CCCCC/C=C\C/C=C\C/C=C\CC)COC(=O)CCCCCCCCCCCCCCCCCCCC/C=C\C/C=C\C/C=C\CCCCCCC. The monoisotopic (exact) mass is 1120 g/mol. The molecule has 464 valence electrons. The molecule has 6 heteroatoms. The summed E-state index contributed by atoms with van der Waals surface area (Å²) in [6.45, 7) is 6.40. The molecule has 0 aliphatic heterocycles. The van der Waals surface area contributed by atoms with Crippen molar-refractivity contribution in [2.75, 3.05) is 13.2 Å². The van der Waals surface area contributed by atoms with Gasteiger partial charge in [0.25, 0.3) is 0 Å². The summed E-state index contributed by atoms with van der Waals surface area (Å²) in [6, 6.07) is 0. The van der Waals surface area contributed by atoms with Crippen LogP contribution in [0.1, 0.15) is 329 Å². The molecular weight excluding hydrogens is 997 g/mol. The van der Waals surface area contributed by atoms with Crippen LogP contribution in [0, 0.1) is 0 Å². The van der Waals surface area contributed by atoms with Gasteiger partial charge in [0.2, 0.25) is 0 Å². The van der Waals surface area contributed by atoms with Gasteiger partial charge in [-0.15, -0.1) is 0 Å². The molecule has 0 heterocycles. The zero-order chi connectivity index (χ0) is 58.5. The van der Waals surface area contributed by atoms with E-state index >= 15 is 0 Å². The average Bonchev–Trinajstić information content (AvgIpc) is 3.46. The predicted octanol–water partition coefficient (Wildman–Crippen LogP) is 23.8. The summed E-state index contributed by atoms with van der Waals surface area (Å²) in [5.74, 6) is -0.921. The Morgan fingerprint density at radius 1 is 0.259 bits per heavy atom. The Balaban J connectivity index is 4.19. The number of rotatable bonds is 62. The lowest BCUT2D eigenvalue weighted by molar-refractivity contribution is -0.167. The number of carbonyl (C=O) groups is 3. The minimum atomic E-state index is -0.797. The molecule has 0 saturated heterocycles. The first-order chi connectivity index (χ1) is 40.0. The van der Waals surface area contributed by atoms with Gasteiger partial charge in [-0.05, 0) is 122 Å². The molecule has 0 spiro atoms. The van der Waals surface area contributed by atoms with E-state index in [2.05, 4.69) is 130 Å². The van der Waals surface area contributed by atoms with Gasteiger partial charge in [0.15, 0.2) is 6.10 Å². The zero-order valence-electron chi connectivity index (χ0n) is 53.3. The highest BCUT2D eigenvalue weighted by Crippen LogP contribution is 2.17. The molecule has 6 nitrogen and oxygen atoms in total. The molecule has 81 heavy (non-hydrogen) atoms. The molecule has 0 rings (SSSR count). The molecule has 0 bridgehead atoms. The lowest BCUT2D eigenvalue weighted by atomic mass is 10.0. The molecule has 0 aromatic heterocycles. The van der Waals surface area contributed by atoms with Crippen LogP contribution < -0.4 is 0 Å². The van der Waals surface area contributed by atoms with E-state index in [9.17, 15) is 14.4 Å². The first-order valence-electron chi connectivity index (χ1n) is 34.4. The Bertz CT molecular complexity index is 1620. The van der Waals surface area contributed by atoms with Crippen LogP contribution in [0.4, 0.5) is 0 Å². The van der Waals surface area contributed by atoms with Crippen LogP contribution in [-0.4, -0.2) is 37.2 Å². The van der Waals surface area contributed by atoms with Gasteiger partial charge in [-0.25, -0.2) is 0 Å². The highest BCUT2D eigenvalue weighted by Gasteiger charge is 2.19. The van der Waals surface area contributed by atoms with Crippen molar-refractivity contribution in [3.05, 3.63) is 109 Å². The van der Waals surface area contributed by atoms with Gasteiger partial charge >= 0.3 is 17.9 Å². The number of hydrogen-bond donors (Lipinski definition) is 0. The van der Waals surface area contributed by atoms with Crippen LogP contribution in [0.2, 0.25) is 0 Å². The van der Waals surface area contributed by atoms with Gasteiger partial charge in [-0.3, -0.25) is 14.4 Å². The molecule has 0 aliphatic carbocycles. The van der Waals surface area contributed by atoms with Gasteiger partial charge in [0, 0.05) is 19.3 Å². The number of ether oxygens (including phenoxy) is 3. The van der Waals surface area contributed by atoms with Crippen molar-refractivity contribution in [1.82, 2.24) is 0 Å². The fraction of sp³-hybridized carbons (Fsp3) is 0.720. The highest BCUT2D eigenvalue weighted by atomic mass is 16.6. The smallest absolute Gasteiger partial charge is 0.306 e. The maximum absolute atomic E-state index is 12.9. The summed E-state index contributed by atoms with van der Waals surface area (Å²) in [5, 5.41) is 0. The largest absolute Gasteiger partial charge is 0.462 e. The van der Waals surface area contributed by atoms with Crippen LogP contribution in [-0.2, 0) is 28.6 Å². The van der Waals surface area contributed by atoms with Crippen molar-refractivity contribution in [3.63, 3.8) is 0 Å². The van der Waals surface area contributed by atoms with Crippen molar-refractivity contribution in [2.45, 2.75) is 335 Å². The maximum atomic E-state index is 12.9. The van der Waals surface area contributed by atoms with Crippen LogP contribution in [0.25, 0.3) is 0 Å². The Kier molecular flexibility index (Phi) is 65.2. The second kappa shape index (κ2) is 68.6. The summed E-state index contributed by atoms with van der Waals surface area (Å²) in [4.78, 5) is 38.3. The fourth-order valence-corrected chi connectivity index (χ4v) is 9.66. The van der Waals surface area contributed by atoms with E-state index < -0.39 is 6.10 Å². The molecule has 0 saturated carbocycles. The van der Waals surface area contributed by atoms with Gasteiger partial charge in [-0.2, -0.15) is 0 Å².